The summed E-state index contributed by atoms with van der Waals surface area (Å²) in [7, 11) is -3.64. The van der Waals surface area contributed by atoms with Gasteiger partial charge in [0, 0.05) is 18.8 Å². The van der Waals surface area contributed by atoms with E-state index in [0.29, 0.717) is 6.61 Å². The SMILES string of the molecule is CC(C)(C)c1ccc(OCCCN2CCc3cc(S(N)(=O)=O)ccc32)cc1. The Labute approximate surface area is 162 Å². The lowest BCUT2D eigenvalue weighted by molar-refractivity contribution is 0.312. The molecule has 2 aromatic carbocycles. The molecule has 1 heterocycles. The fraction of sp³-hybridized carbons (Fsp3) is 0.429. The first kappa shape index (κ1) is 19.7. The number of ether oxygens (including phenoxy) is 1. The number of sulfonamides is 1. The molecule has 0 saturated carbocycles. The number of rotatable bonds is 6. The summed E-state index contributed by atoms with van der Waals surface area (Å²) in [6.07, 6.45) is 1.74. The maximum Gasteiger partial charge on any atom is 0.238 e. The highest BCUT2D eigenvalue weighted by atomic mass is 32.2. The van der Waals surface area contributed by atoms with Gasteiger partial charge in [0.05, 0.1) is 11.5 Å². The first-order valence-corrected chi connectivity index (χ1v) is 10.8. The second-order valence-electron chi connectivity index (χ2n) is 8.05. The molecule has 3 rings (SSSR count). The number of primary sulfonamides is 1. The molecule has 0 spiro atoms. The largest absolute Gasteiger partial charge is 0.494 e. The van der Waals surface area contributed by atoms with Gasteiger partial charge in [-0.1, -0.05) is 32.9 Å². The lowest BCUT2D eigenvalue weighted by Gasteiger charge is -2.20. The van der Waals surface area contributed by atoms with Crippen molar-refractivity contribution in [2.75, 3.05) is 24.6 Å². The van der Waals surface area contributed by atoms with Crippen LogP contribution >= 0.6 is 0 Å². The zero-order valence-corrected chi connectivity index (χ0v) is 17.1. The van der Waals surface area contributed by atoms with Gasteiger partial charge in [0.25, 0.3) is 0 Å². The van der Waals surface area contributed by atoms with E-state index in [0.717, 1.165) is 42.9 Å². The monoisotopic (exact) mass is 388 g/mol. The highest BCUT2D eigenvalue weighted by Crippen LogP contribution is 2.30. The molecule has 0 fully saturated rings. The lowest BCUT2D eigenvalue weighted by atomic mass is 9.87. The van der Waals surface area contributed by atoms with Gasteiger partial charge < -0.3 is 9.64 Å². The normalized spacial score (nSPS) is 14.3. The lowest BCUT2D eigenvalue weighted by Crippen LogP contribution is -2.23. The van der Waals surface area contributed by atoms with Crippen LogP contribution in [-0.4, -0.2) is 28.1 Å². The molecule has 27 heavy (non-hydrogen) atoms. The minimum Gasteiger partial charge on any atom is -0.494 e. The molecule has 0 radical (unpaired) electrons. The minimum atomic E-state index is -3.64. The molecule has 146 valence electrons. The number of benzene rings is 2. The molecule has 1 aliphatic heterocycles. The number of anilines is 1. The van der Waals surface area contributed by atoms with Gasteiger partial charge in [0.15, 0.2) is 0 Å². The number of fused-ring (bicyclic) bond motifs is 1. The van der Waals surface area contributed by atoms with E-state index >= 15 is 0 Å². The molecule has 6 heteroatoms. The quantitative estimate of drug-likeness (QED) is 0.769. The van der Waals surface area contributed by atoms with Crippen molar-refractivity contribution >= 4 is 15.7 Å². The van der Waals surface area contributed by atoms with Crippen LogP contribution in [0.3, 0.4) is 0 Å². The van der Waals surface area contributed by atoms with Crippen molar-refractivity contribution in [2.45, 2.75) is 43.9 Å². The van der Waals surface area contributed by atoms with Gasteiger partial charge in [-0.25, -0.2) is 13.6 Å². The van der Waals surface area contributed by atoms with Crippen molar-refractivity contribution in [3.8, 4) is 5.75 Å². The molecule has 0 unspecified atom stereocenters. The first-order chi connectivity index (χ1) is 12.6. The van der Waals surface area contributed by atoms with Gasteiger partial charge in [0.1, 0.15) is 5.75 Å². The molecule has 2 N–H and O–H groups in total. The van der Waals surface area contributed by atoms with E-state index in [1.807, 2.05) is 18.2 Å². The van der Waals surface area contributed by atoms with E-state index in [1.165, 1.54) is 5.56 Å². The van der Waals surface area contributed by atoms with Gasteiger partial charge in [-0.3, -0.25) is 0 Å². The summed E-state index contributed by atoms with van der Waals surface area (Å²) in [6.45, 7) is 9.01. The van der Waals surface area contributed by atoms with Crippen molar-refractivity contribution in [3.63, 3.8) is 0 Å². The van der Waals surface area contributed by atoms with Crippen molar-refractivity contribution in [1.82, 2.24) is 0 Å². The summed E-state index contributed by atoms with van der Waals surface area (Å²) in [5.74, 6) is 0.891. The molecular weight excluding hydrogens is 360 g/mol. The van der Waals surface area contributed by atoms with Crippen LogP contribution in [0.15, 0.2) is 47.4 Å². The molecule has 2 aromatic rings. The van der Waals surface area contributed by atoms with Crippen molar-refractivity contribution in [1.29, 1.82) is 0 Å². The predicted molar refractivity (Wildman–Crippen MR) is 109 cm³/mol. The zero-order valence-electron chi connectivity index (χ0n) is 16.2. The fourth-order valence-electron chi connectivity index (χ4n) is 3.35. The molecular formula is C21H28N2O3S. The summed E-state index contributed by atoms with van der Waals surface area (Å²) in [4.78, 5) is 2.46. The number of hydrogen-bond acceptors (Lipinski definition) is 4. The Morgan fingerprint density at radius 1 is 1.11 bits per heavy atom. The summed E-state index contributed by atoms with van der Waals surface area (Å²) < 4.78 is 28.8. The second-order valence-corrected chi connectivity index (χ2v) is 9.61. The van der Waals surface area contributed by atoms with Gasteiger partial charge >= 0.3 is 0 Å². The maximum absolute atomic E-state index is 11.5. The summed E-state index contributed by atoms with van der Waals surface area (Å²) >= 11 is 0. The average Bonchev–Trinajstić information content (AvgIpc) is 3.00. The van der Waals surface area contributed by atoms with Gasteiger partial charge in [0.2, 0.25) is 10.0 Å². The van der Waals surface area contributed by atoms with Crippen LogP contribution in [0.25, 0.3) is 0 Å². The van der Waals surface area contributed by atoms with E-state index in [4.69, 9.17) is 9.88 Å². The van der Waals surface area contributed by atoms with Crippen LogP contribution in [0.1, 0.15) is 38.3 Å². The third kappa shape index (κ3) is 4.82. The molecule has 0 aliphatic carbocycles. The van der Waals surface area contributed by atoms with E-state index in [9.17, 15) is 8.42 Å². The summed E-state index contributed by atoms with van der Waals surface area (Å²) in [5, 5.41) is 5.21. The van der Waals surface area contributed by atoms with Crippen LogP contribution in [0.5, 0.6) is 5.75 Å². The van der Waals surface area contributed by atoms with E-state index in [-0.39, 0.29) is 10.3 Å². The standard InChI is InChI=1S/C21H28N2O3S/c1-21(2,3)17-5-7-18(8-6-17)26-14-4-12-23-13-11-16-15-19(27(22,24)25)9-10-20(16)23/h5-10,15H,4,11-14H2,1-3H3,(H2,22,24,25). The summed E-state index contributed by atoms with van der Waals surface area (Å²) in [5.41, 5.74) is 3.57. The predicted octanol–water partition coefficient (Wildman–Crippen LogP) is 3.46. The van der Waals surface area contributed by atoms with Crippen LogP contribution in [0.2, 0.25) is 0 Å². The van der Waals surface area contributed by atoms with Crippen LogP contribution < -0.4 is 14.8 Å². The van der Waals surface area contributed by atoms with E-state index in [2.05, 4.69) is 37.8 Å². The molecule has 0 aromatic heterocycles. The Kier molecular flexibility index (Phi) is 5.49. The van der Waals surface area contributed by atoms with Crippen molar-refractivity contribution in [2.24, 2.45) is 5.14 Å². The molecule has 0 saturated heterocycles. The molecule has 0 atom stereocenters. The molecule has 5 nitrogen and oxygen atoms in total. The smallest absolute Gasteiger partial charge is 0.238 e. The van der Waals surface area contributed by atoms with Crippen LogP contribution in [0, 0.1) is 0 Å². The molecule has 0 bridgehead atoms. The van der Waals surface area contributed by atoms with Gasteiger partial charge in [-0.15, -0.1) is 0 Å². The Morgan fingerprint density at radius 2 is 1.81 bits per heavy atom. The molecule has 0 amide bonds. The Morgan fingerprint density at radius 3 is 2.44 bits per heavy atom. The number of hydrogen-bond donors (Lipinski definition) is 1. The highest BCUT2D eigenvalue weighted by molar-refractivity contribution is 7.89. The highest BCUT2D eigenvalue weighted by Gasteiger charge is 2.21. The fourth-order valence-corrected chi connectivity index (χ4v) is 3.92. The van der Waals surface area contributed by atoms with Crippen molar-refractivity contribution < 1.29 is 13.2 Å². The molecule has 1 aliphatic rings. The van der Waals surface area contributed by atoms with Crippen molar-refractivity contribution in [3.05, 3.63) is 53.6 Å². The topological polar surface area (TPSA) is 72.6 Å². The number of nitrogens with two attached hydrogens (primary N) is 1. The second kappa shape index (κ2) is 7.52. The first-order valence-electron chi connectivity index (χ1n) is 9.28. The average molecular weight is 389 g/mol. The Hall–Kier alpha value is -2.05. The van der Waals surface area contributed by atoms with Gasteiger partial charge in [-0.05, 0) is 59.7 Å². The van der Waals surface area contributed by atoms with Crippen LogP contribution in [0.4, 0.5) is 5.69 Å². The third-order valence-corrected chi connectivity index (χ3v) is 5.84. The maximum atomic E-state index is 11.5. The van der Waals surface area contributed by atoms with Gasteiger partial charge in [-0.2, -0.15) is 0 Å². The summed E-state index contributed by atoms with van der Waals surface area (Å²) in [6, 6.07) is 13.4. The third-order valence-electron chi connectivity index (χ3n) is 4.93. The Balaban J connectivity index is 1.51. The number of nitrogens with zero attached hydrogens (tertiary/aromatic N) is 1. The van der Waals surface area contributed by atoms with E-state index in [1.54, 1.807) is 12.1 Å². The minimum absolute atomic E-state index is 0.144. The van der Waals surface area contributed by atoms with Crippen LogP contribution in [-0.2, 0) is 21.9 Å². The zero-order chi connectivity index (χ0) is 19.7. The van der Waals surface area contributed by atoms with E-state index < -0.39 is 10.0 Å². The Bertz CT molecular complexity index is 900.